The van der Waals surface area contributed by atoms with Crippen LogP contribution in [0.4, 0.5) is 0 Å². The predicted molar refractivity (Wildman–Crippen MR) is 61.8 cm³/mol. The highest BCUT2D eigenvalue weighted by molar-refractivity contribution is 5.30. The number of hydrogen-bond acceptors (Lipinski definition) is 4. The molecule has 0 amide bonds. The second-order valence-corrected chi connectivity index (χ2v) is 3.67. The van der Waals surface area contributed by atoms with Crippen LogP contribution in [0.3, 0.4) is 0 Å². The summed E-state index contributed by atoms with van der Waals surface area (Å²) in [6, 6.07) is 10.4. The maximum absolute atomic E-state index is 11.4. The third-order valence-electron chi connectivity index (χ3n) is 2.41. The van der Waals surface area contributed by atoms with E-state index in [-0.39, 0.29) is 18.1 Å². The van der Waals surface area contributed by atoms with Crippen molar-refractivity contribution in [2.75, 3.05) is 0 Å². The Morgan fingerprint density at radius 1 is 1.18 bits per heavy atom. The molecule has 0 saturated heterocycles. The van der Waals surface area contributed by atoms with Gasteiger partial charge in [-0.1, -0.05) is 30.3 Å². The maximum atomic E-state index is 11.4. The zero-order chi connectivity index (χ0) is 12.3. The van der Waals surface area contributed by atoms with Gasteiger partial charge in [-0.3, -0.25) is 4.79 Å². The number of aliphatic hydroxyl groups is 1. The first-order chi connectivity index (χ1) is 8.20. The first kappa shape index (κ1) is 11.4. The van der Waals surface area contributed by atoms with Crippen LogP contribution in [0.1, 0.15) is 17.1 Å². The van der Waals surface area contributed by atoms with Crippen molar-refractivity contribution in [1.82, 2.24) is 0 Å². The quantitative estimate of drug-likeness (QED) is 0.839. The topological polar surface area (TPSA) is 70.7 Å². The van der Waals surface area contributed by atoms with Crippen LogP contribution in [0.2, 0.25) is 0 Å². The van der Waals surface area contributed by atoms with E-state index in [1.807, 2.05) is 30.3 Å². The number of benzene rings is 1. The highest BCUT2D eigenvalue weighted by atomic mass is 16.4. The van der Waals surface area contributed by atoms with Crippen LogP contribution in [-0.2, 0) is 13.0 Å². The average molecular weight is 232 g/mol. The normalized spacial score (nSPS) is 10.4. The van der Waals surface area contributed by atoms with Crippen LogP contribution in [0.15, 0.2) is 45.6 Å². The summed E-state index contributed by atoms with van der Waals surface area (Å²) >= 11 is 0. The Balaban J connectivity index is 2.39. The Kier molecular flexibility index (Phi) is 3.25. The molecule has 0 spiro atoms. The molecule has 4 heteroatoms. The van der Waals surface area contributed by atoms with Gasteiger partial charge in [0.05, 0.1) is 0 Å². The fraction of sp³-hybridized carbons (Fsp3) is 0.154. The van der Waals surface area contributed by atoms with Crippen molar-refractivity contribution in [2.45, 2.75) is 13.0 Å². The summed E-state index contributed by atoms with van der Waals surface area (Å²) in [5.41, 5.74) is 0.382. The SMILES string of the molecule is O=c1cc(CO)oc(Cc2ccccc2)c1O. The zero-order valence-electron chi connectivity index (χ0n) is 9.09. The molecule has 4 nitrogen and oxygen atoms in total. The average Bonchev–Trinajstić information content (AvgIpc) is 2.36. The van der Waals surface area contributed by atoms with E-state index in [4.69, 9.17) is 9.52 Å². The zero-order valence-corrected chi connectivity index (χ0v) is 9.09. The fourth-order valence-corrected chi connectivity index (χ4v) is 1.57. The molecule has 2 rings (SSSR count). The van der Waals surface area contributed by atoms with Crippen molar-refractivity contribution < 1.29 is 14.6 Å². The molecule has 0 saturated carbocycles. The minimum atomic E-state index is -0.536. The second-order valence-electron chi connectivity index (χ2n) is 3.67. The molecule has 0 atom stereocenters. The lowest BCUT2D eigenvalue weighted by Gasteiger charge is -2.05. The van der Waals surface area contributed by atoms with Gasteiger partial charge in [-0.15, -0.1) is 0 Å². The van der Waals surface area contributed by atoms with Gasteiger partial charge >= 0.3 is 0 Å². The van der Waals surface area contributed by atoms with Crippen LogP contribution < -0.4 is 5.43 Å². The number of hydrogen-bond donors (Lipinski definition) is 2. The molecule has 1 aromatic carbocycles. The number of aromatic hydroxyl groups is 1. The van der Waals surface area contributed by atoms with E-state index < -0.39 is 11.2 Å². The molecular weight excluding hydrogens is 220 g/mol. The summed E-state index contributed by atoms with van der Waals surface area (Å²) in [4.78, 5) is 11.4. The van der Waals surface area contributed by atoms with Gasteiger partial charge in [0.25, 0.3) is 0 Å². The fourth-order valence-electron chi connectivity index (χ4n) is 1.57. The standard InChI is InChI=1S/C13H12O4/c14-8-10-7-11(15)13(16)12(17-10)6-9-4-2-1-3-5-9/h1-5,7,14,16H,6,8H2. The molecule has 0 radical (unpaired) electrons. The van der Waals surface area contributed by atoms with Gasteiger partial charge in [0.2, 0.25) is 11.2 Å². The molecule has 88 valence electrons. The summed E-state index contributed by atoms with van der Waals surface area (Å²) < 4.78 is 5.24. The van der Waals surface area contributed by atoms with Crippen molar-refractivity contribution in [3.8, 4) is 5.75 Å². The van der Waals surface area contributed by atoms with Crippen LogP contribution in [0, 0.1) is 0 Å². The van der Waals surface area contributed by atoms with Gasteiger partial charge in [0.1, 0.15) is 12.4 Å². The first-order valence-corrected chi connectivity index (χ1v) is 5.20. The molecule has 0 fully saturated rings. The first-order valence-electron chi connectivity index (χ1n) is 5.20. The van der Waals surface area contributed by atoms with Crippen LogP contribution >= 0.6 is 0 Å². The Morgan fingerprint density at radius 2 is 1.88 bits per heavy atom. The molecule has 17 heavy (non-hydrogen) atoms. The van der Waals surface area contributed by atoms with E-state index >= 15 is 0 Å². The predicted octanol–water partition coefficient (Wildman–Crippen LogP) is 1.43. The molecule has 2 aromatic rings. The van der Waals surface area contributed by atoms with Crippen LogP contribution in [-0.4, -0.2) is 10.2 Å². The molecule has 0 aliphatic heterocycles. The van der Waals surface area contributed by atoms with Gasteiger partial charge in [-0.2, -0.15) is 0 Å². The molecule has 0 aliphatic rings. The minimum Gasteiger partial charge on any atom is -0.502 e. The highest BCUT2D eigenvalue weighted by Crippen LogP contribution is 2.18. The van der Waals surface area contributed by atoms with Crippen molar-refractivity contribution in [1.29, 1.82) is 0 Å². The Bertz CT molecular complexity index is 557. The summed E-state index contributed by atoms with van der Waals surface area (Å²) in [7, 11) is 0. The molecule has 2 N–H and O–H groups in total. The Hall–Kier alpha value is -2.07. The highest BCUT2D eigenvalue weighted by Gasteiger charge is 2.11. The van der Waals surface area contributed by atoms with Gasteiger partial charge in [-0.25, -0.2) is 0 Å². The minimum absolute atomic E-state index is 0.152. The van der Waals surface area contributed by atoms with Gasteiger partial charge < -0.3 is 14.6 Å². The lowest BCUT2D eigenvalue weighted by atomic mass is 10.1. The molecule has 1 heterocycles. The van der Waals surface area contributed by atoms with E-state index in [1.54, 1.807) is 0 Å². The van der Waals surface area contributed by atoms with Crippen LogP contribution in [0.5, 0.6) is 5.75 Å². The largest absolute Gasteiger partial charge is 0.502 e. The molecule has 1 aromatic heterocycles. The summed E-state index contributed by atoms with van der Waals surface area (Å²) in [5.74, 6) is -0.0717. The Morgan fingerprint density at radius 3 is 2.53 bits per heavy atom. The second kappa shape index (κ2) is 4.84. The van der Waals surface area contributed by atoms with E-state index in [9.17, 15) is 9.90 Å². The lowest BCUT2D eigenvalue weighted by molar-refractivity contribution is 0.236. The monoisotopic (exact) mass is 232 g/mol. The smallest absolute Gasteiger partial charge is 0.227 e. The third-order valence-corrected chi connectivity index (χ3v) is 2.41. The summed E-state index contributed by atoms with van der Waals surface area (Å²) in [6.45, 7) is -0.364. The lowest BCUT2D eigenvalue weighted by Crippen LogP contribution is -2.05. The van der Waals surface area contributed by atoms with Crippen LogP contribution in [0.25, 0.3) is 0 Å². The van der Waals surface area contributed by atoms with Crippen molar-refractivity contribution in [3.63, 3.8) is 0 Å². The molecule has 0 aliphatic carbocycles. The molecule has 0 unspecified atom stereocenters. The van der Waals surface area contributed by atoms with E-state index in [0.29, 0.717) is 6.42 Å². The van der Waals surface area contributed by atoms with E-state index in [2.05, 4.69) is 0 Å². The van der Waals surface area contributed by atoms with E-state index in [1.165, 1.54) is 0 Å². The van der Waals surface area contributed by atoms with Crippen molar-refractivity contribution >= 4 is 0 Å². The molecular formula is C13H12O4. The summed E-state index contributed by atoms with van der Waals surface area (Å²) in [5, 5.41) is 18.5. The van der Waals surface area contributed by atoms with Gasteiger partial charge in [0.15, 0.2) is 5.76 Å². The number of rotatable bonds is 3. The van der Waals surface area contributed by atoms with Crippen molar-refractivity contribution in [2.24, 2.45) is 0 Å². The van der Waals surface area contributed by atoms with Gasteiger partial charge in [0, 0.05) is 12.5 Å². The Labute approximate surface area is 97.8 Å². The summed E-state index contributed by atoms with van der Waals surface area (Å²) in [6.07, 6.45) is 0.315. The maximum Gasteiger partial charge on any atom is 0.227 e. The van der Waals surface area contributed by atoms with Crippen molar-refractivity contribution in [3.05, 3.63) is 63.7 Å². The molecule has 0 bridgehead atoms. The van der Waals surface area contributed by atoms with E-state index in [0.717, 1.165) is 11.6 Å². The van der Waals surface area contributed by atoms with Gasteiger partial charge in [-0.05, 0) is 5.56 Å². The third kappa shape index (κ3) is 2.54. The number of aliphatic hydroxyl groups excluding tert-OH is 1.